The highest BCUT2D eigenvalue weighted by atomic mass is 19.1. The minimum Gasteiger partial charge on any atom is -0.461 e. The van der Waals surface area contributed by atoms with Crippen LogP contribution in [0.5, 0.6) is 0 Å². The van der Waals surface area contributed by atoms with E-state index in [1.807, 2.05) is 19.2 Å². The van der Waals surface area contributed by atoms with Gasteiger partial charge in [0, 0.05) is 6.04 Å². The maximum Gasteiger partial charge on any atom is 0.169 e. The Labute approximate surface area is 94.4 Å². The van der Waals surface area contributed by atoms with Crippen molar-refractivity contribution in [3.63, 3.8) is 0 Å². The Morgan fingerprint density at radius 1 is 1.44 bits per heavy atom. The van der Waals surface area contributed by atoms with E-state index in [9.17, 15) is 4.39 Å². The van der Waals surface area contributed by atoms with Gasteiger partial charge < -0.3 is 9.73 Å². The molecular formula is C13H16FNO. The summed E-state index contributed by atoms with van der Waals surface area (Å²) in [6, 6.07) is 6.11. The van der Waals surface area contributed by atoms with E-state index >= 15 is 0 Å². The van der Waals surface area contributed by atoms with Gasteiger partial charge in [0.15, 0.2) is 5.82 Å². The summed E-state index contributed by atoms with van der Waals surface area (Å²) in [5, 5.41) is 3.81. The first-order chi connectivity index (χ1) is 7.74. The second-order valence-electron chi connectivity index (χ2n) is 4.01. The van der Waals surface area contributed by atoms with Crippen LogP contribution >= 0.6 is 0 Å². The second-order valence-corrected chi connectivity index (χ2v) is 4.01. The Bertz CT molecular complexity index is 474. The second kappa shape index (κ2) is 4.66. The zero-order chi connectivity index (χ0) is 11.5. The van der Waals surface area contributed by atoms with Crippen LogP contribution in [0.2, 0.25) is 0 Å². The fourth-order valence-corrected chi connectivity index (χ4v) is 1.90. The van der Waals surface area contributed by atoms with Crippen LogP contribution in [-0.4, -0.2) is 13.1 Å². The van der Waals surface area contributed by atoms with Gasteiger partial charge in [0.1, 0.15) is 11.8 Å². The van der Waals surface area contributed by atoms with E-state index in [2.05, 4.69) is 12.2 Å². The Hall–Kier alpha value is -1.35. The van der Waals surface area contributed by atoms with Crippen molar-refractivity contribution in [2.24, 2.45) is 0 Å². The maximum absolute atomic E-state index is 13.2. The van der Waals surface area contributed by atoms with Gasteiger partial charge in [-0.1, -0.05) is 13.0 Å². The lowest BCUT2D eigenvalue weighted by molar-refractivity contribution is 0.542. The number of hydrogen-bond donors (Lipinski definition) is 1. The number of hydrogen-bond acceptors (Lipinski definition) is 2. The molecule has 1 aromatic carbocycles. The van der Waals surface area contributed by atoms with Crippen molar-refractivity contribution < 1.29 is 8.81 Å². The Morgan fingerprint density at radius 3 is 2.94 bits per heavy atom. The molecule has 2 aromatic rings. The van der Waals surface area contributed by atoms with Crippen molar-refractivity contribution in [2.45, 2.75) is 25.8 Å². The molecule has 0 aliphatic heterocycles. The van der Waals surface area contributed by atoms with E-state index < -0.39 is 0 Å². The first-order valence-electron chi connectivity index (χ1n) is 5.57. The first kappa shape index (κ1) is 11.1. The van der Waals surface area contributed by atoms with Crippen LogP contribution in [0.1, 0.15) is 18.9 Å². The van der Waals surface area contributed by atoms with E-state index in [1.54, 1.807) is 6.07 Å². The van der Waals surface area contributed by atoms with Crippen molar-refractivity contribution in [3.05, 3.63) is 35.8 Å². The van der Waals surface area contributed by atoms with Gasteiger partial charge in [-0.15, -0.1) is 0 Å². The van der Waals surface area contributed by atoms with Crippen LogP contribution in [0.3, 0.4) is 0 Å². The van der Waals surface area contributed by atoms with Crippen molar-refractivity contribution >= 4 is 11.0 Å². The van der Waals surface area contributed by atoms with Gasteiger partial charge in [0.05, 0.1) is 5.39 Å². The Kier molecular flexibility index (Phi) is 3.25. The lowest BCUT2D eigenvalue weighted by Crippen LogP contribution is -2.26. The number of fused-ring (bicyclic) bond motifs is 1. The number of nitrogens with one attached hydrogen (secondary N) is 1. The molecular weight excluding hydrogens is 205 g/mol. The van der Waals surface area contributed by atoms with E-state index in [0.29, 0.717) is 17.0 Å². The molecule has 0 spiro atoms. The van der Waals surface area contributed by atoms with E-state index in [1.165, 1.54) is 5.56 Å². The predicted molar refractivity (Wildman–Crippen MR) is 63.0 cm³/mol. The van der Waals surface area contributed by atoms with Gasteiger partial charge in [-0.05, 0) is 37.6 Å². The van der Waals surface area contributed by atoms with Gasteiger partial charge in [-0.25, -0.2) is 4.39 Å². The summed E-state index contributed by atoms with van der Waals surface area (Å²) in [5.74, 6) is -0.290. The summed E-state index contributed by atoms with van der Waals surface area (Å²) in [6.07, 6.45) is 3.16. The molecule has 0 aliphatic rings. The molecule has 1 N–H and O–H groups in total. The van der Waals surface area contributed by atoms with E-state index in [0.717, 1.165) is 19.1 Å². The molecule has 0 saturated carbocycles. The molecule has 0 fully saturated rings. The molecule has 3 heteroatoms. The largest absolute Gasteiger partial charge is 0.461 e. The third-order valence-corrected chi connectivity index (χ3v) is 2.98. The molecule has 86 valence electrons. The van der Waals surface area contributed by atoms with Crippen LogP contribution in [0.4, 0.5) is 4.39 Å². The van der Waals surface area contributed by atoms with Gasteiger partial charge in [-0.2, -0.15) is 0 Å². The molecule has 0 aliphatic carbocycles. The molecule has 1 unspecified atom stereocenters. The standard InChI is InChI=1S/C13H16FNO/c1-3-10(15-2)6-9-4-5-11-12(14)8-16-13(11)7-9/h4-5,7-8,10,15H,3,6H2,1-2H3. The zero-order valence-corrected chi connectivity index (χ0v) is 9.59. The minimum atomic E-state index is -0.290. The van der Waals surface area contributed by atoms with Gasteiger partial charge in [0.25, 0.3) is 0 Å². The van der Waals surface area contributed by atoms with Crippen molar-refractivity contribution in [1.29, 1.82) is 0 Å². The van der Waals surface area contributed by atoms with Crippen molar-refractivity contribution in [3.8, 4) is 0 Å². The highest BCUT2D eigenvalue weighted by Gasteiger charge is 2.08. The van der Waals surface area contributed by atoms with Gasteiger partial charge in [0.2, 0.25) is 0 Å². The summed E-state index contributed by atoms with van der Waals surface area (Å²) in [4.78, 5) is 0. The normalized spacial score (nSPS) is 13.2. The topological polar surface area (TPSA) is 25.2 Å². The lowest BCUT2D eigenvalue weighted by Gasteiger charge is -2.13. The van der Waals surface area contributed by atoms with Crippen LogP contribution in [0.25, 0.3) is 11.0 Å². The average Bonchev–Trinajstić information content (AvgIpc) is 2.68. The summed E-state index contributed by atoms with van der Waals surface area (Å²) in [5.41, 5.74) is 1.80. The minimum absolute atomic E-state index is 0.290. The smallest absolute Gasteiger partial charge is 0.169 e. The highest BCUT2D eigenvalue weighted by molar-refractivity contribution is 5.78. The summed E-state index contributed by atoms with van der Waals surface area (Å²) in [7, 11) is 1.96. The number of likely N-dealkylation sites (N-methyl/N-ethyl adjacent to an activating group) is 1. The van der Waals surface area contributed by atoms with Crippen LogP contribution in [0.15, 0.2) is 28.9 Å². The van der Waals surface area contributed by atoms with E-state index in [4.69, 9.17) is 4.42 Å². The molecule has 0 saturated heterocycles. The summed E-state index contributed by atoms with van der Waals surface area (Å²) in [6.45, 7) is 2.15. The number of halogens is 1. The van der Waals surface area contributed by atoms with E-state index in [-0.39, 0.29) is 5.82 Å². The Balaban J connectivity index is 2.25. The Morgan fingerprint density at radius 2 is 2.25 bits per heavy atom. The SMILES string of the molecule is CCC(Cc1ccc2c(F)coc2c1)NC. The molecule has 1 aromatic heterocycles. The quantitative estimate of drug-likeness (QED) is 0.858. The molecule has 0 radical (unpaired) electrons. The number of benzene rings is 1. The highest BCUT2D eigenvalue weighted by Crippen LogP contribution is 2.21. The zero-order valence-electron chi connectivity index (χ0n) is 9.59. The van der Waals surface area contributed by atoms with Crippen LogP contribution in [-0.2, 0) is 6.42 Å². The molecule has 16 heavy (non-hydrogen) atoms. The van der Waals surface area contributed by atoms with Gasteiger partial charge in [-0.3, -0.25) is 0 Å². The summed E-state index contributed by atoms with van der Waals surface area (Å²) >= 11 is 0. The third kappa shape index (κ3) is 2.09. The van der Waals surface area contributed by atoms with Crippen molar-refractivity contribution in [1.82, 2.24) is 5.32 Å². The molecule has 0 bridgehead atoms. The van der Waals surface area contributed by atoms with Gasteiger partial charge >= 0.3 is 0 Å². The number of rotatable bonds is 4. The molecule has 1 atom stereocenters. The first-order valence-corrected chi connectivity index (χ1v) is 5.57. The van der Waals surface area contributed by atoms with Crippen LogP contribution < -0.4 is 5.32 Å². The maximum atomic E-state index is 13.2. The summed E-state index contributed by atoms with van der Waals surface area (Å²) < 4.78 is 18.3. The van der Waals surface area contributed by atoms with Crippen LogP contribution in [0, 0.1) is 5.82 Å². The fraction of sp³-hybridized carbons (Fsp3) is 0.385. The molecule has 1 heterocycles. The number of furan rings is 1. The van der Waals surface area contributed by atoms with Crippen molar-refractivity contribution in [2.75, 3.05) is 7.05 Å². The molecule has 2 rings (SSSR count). The molecule has 2 nitrogen and oxygen atoms in total. The molecule has 0 amide bonds. The monoisotopic (exact) mass is 221 g/mol. The average molecular weight is 221 g/mol. The third-order valence-electron chi connectivity index (χ3n) is 2.98. The lowest BCUT2D eigenvalue weighted by atomic mass is 10.0. The fourth-order valence-electron chi connectivity index (χ4n) is 1.90. The predicted octanol–water partition coefficient (Wildman–Crippen LogP) is 3.11.